The Labute approximate surface area is 56.8 Å². The Kier molecular flexibility index (Phi) is 1.87. The van der Waals surface area contributed by atoms with E-state index in [0.717, 1.165) is 0 Å². The second-order valence-electron chi connectivity index (χ2n) is 2.57. The fraction of sp³-hybridized carbons (Fsp3) is 0.833. The molecule has 1 N–H and O–H groups in total. The van der Waals surface area contributed by atoms with Crippen molar-refractivity contribution in [3.63, 3.8) is 0 Å². The zero-order chi connectivity index (χ0) is 7.72. The highest BCUT2D eigenvalue weighted by molar-refractivity contribution is 5.73. The van der Waals surface area contributed by atoms with Gasteiger partial charge in [0.25, 0.3) is 0 Å². The van der Waals surface area contributed by atoms with Gasteiger partial charge in [0.05, 0.1) is 5.92 Å². The van der Waals surface area contributed by atoms with Crippen molar-refractivity contribution in [2.75, 3.05) is 0 Å². The van der Waals surface area contributed by atoms with Crippen LogP contribution in [0.2, 0.25) is 0 Å². The van der Waals surface area contributed by atoms with Crippen LogP contribution in [0.15, 0.2) is 0 Å². The molecule has 10 heavy (non-hydrogen) atoms. The van der Waals surface area contributed by atoms with Gasteiger partial charge in [-0.2, -0.15) is 0 Å². The monoisotopic (exact) mass is 150 g/mol. The van der Waals surface area contributed by atoms with Crippen molar-refractivity contribution < 1.29 is 18.7 Å². The van der Waals surface area contributed by atoms with E-state index in [1.54, 1.807) is 0 Å². The fourth-order valence-corrected chi connectivity index (χ4v) is 1.04. The van der Waals surface area contributed by atoms with Crippen LogP contribution in [-0.4, -0.2) is 17.5 Å². The molecule has 1 saturated carbocycles. The van der Waals surface area contributed by atoms with Gasteiger partial charge in [0.1, 0.15) is 0 Å². The lowest BCUT2D eigenvalue weighted by atomic mass is 10.2. The molecule has 0 amide bonds. The Hall–Kier alpha value is -0.670. The van der Waals surface area contributed by atoms with Gasteiger partial charge in [-0.3, -0.25) is 4.79 Å². The average molecular weight is 150 g/mol. The summed E-state index contributed by atoms with van der Waals surface area (Å²) in [5, 5.41) is 8.29. The summed E-state index contributed by atoms with van der Waals surface area (Å²) in [7, 11) is 0. The van der Waals surface area contributed by atoms with E-state index in [1.165, 1.54) is 0 Å². The molecule has 0 aromatic carbocycles. The van der Waals surface area contributed by atoms with E-state index in [9.17, 15) is 13.6 Å². The normalized spacial score (nSPS) is 30.7. The molecule has 0 heterocycles. The molecular formula is C6H8F2O2. The van der Waals surface area contributed by atoms with Crippen LogP contribution >= 0.6 is 0 Å². The Morgan fingerprint density at radius 3 is 2.60 bits per heavy atom. The molecule has 58 valence electrons. The lowest BCUT2D eigenvalue weighted by Gasteiger charge is -1.93. The van der Waals surface area contributed by atoms with E-state index in [2.05, 4.69) is 0 Å². The zero-order valence-electron chi connectivity index (χ0n) is 5.26. The van der Waals surface area contributed by atoms with Crippen LogP contribution in [0, 0.1) is 11.8 Å². The number of carbonyl (C=O) groups is 1. The third kappa shape index (κ3) is 1.65. The number of hydrogen-bond donors (Lipinski definition) is 1. The maximum absolute atomic E-state index is 11.6. The highest BCUT2D eigenvalue weighted by atomic mass is 19.3. The molecule has 2 unspecified atom stereocenters. The van der Waals surface area contributed by atoms with Crippen LogP contribution < -0.4 is 0 Å². The summed E-state index contributed by atoms with van der Waals surface area (Å²) in [5.74, 6) is -1.70. The van der Waals surface area contributed by atoms with Crippen LogP contribution in [0.25, 0.3) is 0 Å². The Morgan fingerprint density at radius 2 is 2.30 bits per heavy atom. The van der Waals surface area contributed by atoms with E-state index in [1.807, 2.05) is 0 Å². The molecule has 1 aliphatic rings. The maximum Gasteiger partial charge on any atom is 0.306 e. The van der Waals surface area contributed by atoms with Gasteiger partial charge in [-0.15, -0.1) is 0 Å². The van der Waals surface area contributed by atoms with Gasteiger partial charge in [-0.05, 0) is 12.3 Å². The van der Waals surface area contributed by atoms with Crippen molar-refractivity contribution in [3.8, 4) is 0 Å². The minimum Gasteiger partial charge on any atom is -0.481 e. The van der Waals surface area contributed by atoms with Crippen molar-refractivity contribution in [1.82, 2.24) is 0 Å². The second kappa shape index (κ2) is 2.52. The molecule has 0 spiro atoms. The van der Waals surface area contributed by atoms with Crippen LogP contribution in [0.5, 0.6) is 0 Å². The molecule has 0 radical (unpaired) electrons. The van der Waals surface area contributed by atoms with E-state index < -0.39 is 18.3 Å². The smallest absolute Gasteiger partial charge is 0.306 e. The summed E-state index contributed by atoms with van der Waals surface area (Å²) in [5.41, 5.74) is 0. The van der Waals surface area contributed by atoms with Crippen LogP contribution in [-0.2, 0) is 4.79 Å². The van der Waals surface area contributed by atoms with Crippen molar-refractivity contribution in [2.24, 2.45) is 11.8 Å². The number of halogens is 2. The summed E-state index contributed by atoms with van der Waals surface area (Å²) in [6.07, 6.45) is -2.18. The second-order valence-corrected chi connectivity index (χ2v) is 2.57. The first-order valence-electron chi connectivity index (χ1n) is 3.12. The van der Waals surface area contributed by atoms with Crippen molar-refractivity contribution in [1.29, 1.82) is 0 Å². The summed E-state index contributed by atoms with van der Waals surface area (Å²) in [4.78, 5) is 10.1. The Balaban J connectivity index is 2.20. The molecule has 1 fully saturated rings. The van der Waals surface area contributed by atoms with Gasteiger partial charge >= 0.3 is 5.97 Å². The van der Waals surface area contributed by atoms with Crippen molar-refractivity contribution in [2.45, 2.75) is 19.3 Å². The van der Waals surface area contributed by atoms with Gasteiger partial charge < -0.3 is 5.11 Å². The summed E-state index contributed by atoms with van der Waals surface area (Å²) < 4.78 is 23.1. The summed E-state index contributed by atoms with van der Waals surface area (Å²) in [6, 6.07) is 0. The number of alkyl halides is 2. The van der Waals surface area contributed by atoms with Crippen LogP contribution in [0.1, 0.15) is 12.8 Å². The number of carboxylic acids is 1. The summed E-state index contributed by atoms with van der Waals surface area (Å²) in [6.45, 7) is 0. The molecule has 4 heteroatoms. The van der Waals surface area contributed by atoms with E-state index in [0.29, 0.717) is 6.42 Å². The molecule has 1 aliphatic carbocycles. The van der Waals surface area contributed by atoms with Crippen LogP contribution in [0.3, 0.4) is 0 Å². The lowest BCUT2D eigenvalue weighted by Crippen LogP contribution is -2.01. The standard InChI is InChI=1S/C6H8F2O2/c7-5(8)2-3-1-4(3)6(9)10/h3-5H,1-2H2,(H,9,10). The maximum atomic E-state index is 11.6. The molecule has 1 rings (SSSR count). The molecular weight excluding hydrogens is 142 g/mol. The first kappa shape index (κ1) is 7.44. The largest absolute Gasteiger partial charge is 0.481 e. The predicted octanol–water partition coefficient (Wildman–Crippen LogP) is 1.36. The molecule has 0 saturated heterocycles. The van der Waals surface area contributed by atoms with Gasteiger partial charge in [0.15, 0.2) is 0 Å². The minimum atomic E-state index is -2.35. The lowest BCUT2D eigenvalue weighted by molar-refractivity contribution is -0.138. The molecule has 2 nitrogen and oxygen atoms in total. The topological polar surface area (TPSA) is 37.3 Å². The minimum absolute atomic E-state index is 0.253. The Morgan fingerprint density at radius 1 is 1.70 bits per heavy atom. The summed E-state index contributed by atoms with van der Waals surface area (Å²) >= 11 is 0. The molecule has 0 bridgehead atoms. The first-order chi connectivity index (χ1) is 4.61. The fourth-order valence-electron chi connectivity index (χ4n) is 1.04. The highest BCUT2D eigenvalue weighted by Crippen LogP contribution is 2.42. The van der Waals surface area contributed by atoms with Gasteiger partial charge in [0, 0.05) is 6.42 Å². The predicted molar refractivity (Wildman–Crippen MR) is 29.9 cm³/mol. The van der Waals surface area contributed by atoms with E-state index >= 15 is 0 Å². The zero-order valence-corrected chi connectivity index (χ0v) is 5.26. The van der Waals surface area contributed by atoms with Gasteiger partial charge in [0.2, 0.25) is 6.43 Å². The van der Waals surface area contributed by atoms with E-state index in [4.69, 9.17) is 5.11 Å². The van der Waals surface area contributed by atoms with E-state index in [-0.39, 0.29) is 12.3 Å². The number of carboxylic acid groups (broad SMARTS) is 1. The molecule has 0 aliphatic heterocycles. The molecule has 0 aromatic rings. The first-order valence-corrected chi connectivity index (χ1v) is 3.12. The van der Waals surface area contributed by atoms with Crippen LogP contribution in [0.4, 0.5) is 8.78 Å². The average Bonchev–Trinajstić information content (AvgIpc) is 2.43. The van der Waals surface area contributed by atoms with Gasteiger partial charge in [-0.1, -0.05) is 0 Å². The molecule has 2 atom stereocenters. The SMILES string of the molecule is O=C(O)C1CC1CC(F)F. The number of rotatable bonds is 3. The van der Waals surface area contributed by atoms with Crippen molar-refractivity contribution in [3.05, 3.63) is 0 Å². The highest BCUT2D eigenvalue weighted by Gasteiger charge is 2.44. The molecule has 0 aromatic heterocycles. The van der Waals surface area contributed by atoms with Gasteiger partial charge in [-0.25, -0.2) is 8.78 Å². The third-order valence-electron chi connectivity index (χ3n) is 1.72. The van der Waals surface area contributed by atoms with Crippen molar-refractivity contribution >= 4 is 5.97 Å². The Bertz CT molecular complexity index is 147. The number of hydrogen-bond acceptors (Lipinski definition) is 1. The number of aliphatic carboxylic acids is 1. The third-order valence-corrected chi connectivity index (χ3v) is 1.72. The quantitative estimate of drug-likeness (QED) is 0.659.